The Hall–Kier alpha value is -2.60. The van der Waals surface area contributed by atoms with Crippen molar-refractivity contribution in [3.05, 3.63) is 63.8 Å². The molecule has 140 valence electrons. The first-order valence-electron chi connectivity index (χ1n) is 8.70. The molecule has 0 unspecified atom stereocenters. The third-order valence-electron chi connectivity index (χ3n) is 3.97. The number of aliphatic imine (C=N–C) groups is 1. The van der Waals surface area contributed by atoms with E-state index in [1.54, 1.807) is 13.2 Å². The van der Waals surface area contributed by atoms with E-state index in [4.69, 9.17) is 14.2 Å². The lowest BCUT2D eigenvalue weighted by molar-refractivity contribution is -0.129. The van der Waals surface area contributed by atoms with Crippen LogP contribution in [0, 0.1) is 0 Å². The normalized spacial score (nSPS) is 14.9. The van der Waals surface area contributed by atoms with Gasteiger partial charge in [-0.25, -0.2) is 9.79 Å². The van der Waals surface area contributed by atoms with Crippen molar-refractivity contribution in [2.45, 2.75) is 19.8 Å². The molecule has 0 bridgehead atoms. The van der Waals surface area contributed by atoms with Gasteiger partial charge in [0.25, 0.3) is 0 Å². The molecule has 1 aliphatic heterocycles. The van der Waals surface area contributed by atoms with Crippen molar-refractivity contribution in [3.63, 3.8) is 0 Å². The first-order valence-corrected chi connectivity index (χ1v) is 9.50. The minimum atomic E-state index is -0.483. The van der Waals surface area contributed by atoms with E-state index in [0.29, 0.717) is 18.1 Å². The standard InChI is InChI=1S/C21H20BrNO4/c1-3-4-11-26-18-10-9-14(13-19(18)25-2)12-17-21(24)27-20(23-17)15-7-5-6-8-16(15)22/h5-10,12-13H,3-4,11H2,1-2H3/b17-12-. The molecule has 1 aliphatic rings. The highest BCUT2D eigenvalue weighted by molar-refractivity contribution is 9.10. The molecule has 0 aliphatic carbocycles. The highest BCUT2D eigenvalue weighted by atomic mass is 79.9. The van der Waals surface area contributed by atoms with Crippen molar-refractivity contribution >= 4 is 33.9 Å². The molecule has 5 nitrogen and oxygen atoms in total. The van der Waals surface area contributed by atoms with E-state index in [9.17, 15) is 4.79 Å². The molecule has 2 aromatic carbocycles. The predicted molar refractivity (Wildman–Crippen MR) is 108 cm³/mol. The van der Waals surface area contributed by atoms with Crippen LogP contribution in [-0.2, 0) is 9.53 Å². The van der Waals surface area contributed by atoms with Crippen LogP contribution >= 0.6 is 15.9 Å². The number of cyclic esters (lactones) is 1. The van der Waals surface area contributed by atoms with Crippen LogP contribution in [0.25, 0.3) is 6.08 Å². The second-order valence-electron chi connectivity index (χ2n) is 5.93. The Morgan fingerprint density at radius 3 is 2.74 bits per heavy atom. The largest absolute Gasteiger partial charge is 0.493 e. The zero-order valence-corrected chi connectivity index (χ0v) is 16.8. The van der Waals surface area contributed by atoms with Crippen LogP contribution in [0.15, 0.2) is 57.6 Å². The zero-order valence-electron chi connectivity index (χ0n) is 15.2. The molecule has 0 atom stereocenters. The van der Waals surface area contributed by atoms with Gasteiger partial charge in [0.1, 0.15) is 0 Å². The molecule has 1 heterocycles. The summed E-state index contributed by atoms with van der Waals surface area (Å²) in [6.45, 7) is 2.75. The van der Waals surface area contributed by atoms with Crippen LogP contribution in [0.3, 0.4) is 0 Å². The molecule has 6 heteroatoms. The topological polar surface area (TPSA) is 57.1 Å². The quantitative estimate of drug-likeness (QED) is 0.353. The molecular formula is C21H20BrNO4. The van der Waals surface area contributed by atoms with Gasteiger partial charge in [-0.2, -0.15) is 0 Å². The van der Waals surface area contributed by atoms with Crippen LogP contribution in [0.2, 0.25) is 0 Å². The molecule has 0 N–H and O–H groups in total. The van der Waals surface area contributed by atoms with Crippen molar-refractivity contribution in [2.75, 3.05) is 13.7 Å². The molecule has 27 heavy (non-hydrogen) atoms. The van der Waals surface area contributed by atoms with Crippen molar-refractivity contribution in [2.24, 2.45) is 4.99 Å². The molecular weight excluding hydrogens is 410 g/mol. The maximum atomic E-state index is 12.2. The maximum absolute atomic E-state index is 12.2. The molecule has 0 aromatic heterocycles. The number of halogens is 1. The van der Waals surface area contributed by atoms with Gasteiger partial charge in [0.2, 0.25) is 5.90 Å². The zero-order chi connectivity index (χ0) is 19.2. The summed E-state index contributed by atoms with van der Waals surface area (Å²) in [5.74, 6) is 1.09. The third-order valence-corrected chi connectivity index (χ3v) is 4.66. The summed E-state index contributed by atoms with van der Waals surface area (Å²) in [4.78, 5) is 16.5. The lowest BCUT2D eigenvalue weighted by Crippen LogP contribution is -2.05. The Balaban J connectivity index is 1.85. The lowest BCUT2D eigenvalue weighted by atomic mass is 10.1. The fourth-order valence-corrected chi connectivity index (χ4v) is 2.99. The van der Waals surface area contributed by atoms with Crippen LogP contribution in [0.4, 0.5) is 0 Å². The van der Waals surface area contributed by atoms with E-state index in [1.165, 1.54) is 0 Å². The van der Waals surface area contributed by atoms with E-state index in [2.05, 4.69) is 27.8 Å². The van der Waals surface area contributed by atoms with E-state index in [1.807, 2.05) is 42.5 Å². The number of esters is 1. The number of nitrogens with zero attached hydrogens (tertiary/aromatic N) is 1. The Morgan fingerprint density at radius 1 is 1.19 bits per heavy atom. The van der Waals surface area contributed by atoms with Gasteiger partial charge in [0, 0.05) is 4.47 Å². The van der Waals surface area contributed by atoms with Crippen molar-refractivity contribution < 1.29 is 19.0 Å². The number of hydrogen-bond donors (Lipinski definition) is 0. The molecule has 3 rings (SSSR count). The lowest BCUT2D eigenvalue weighted by Gasteiger charge is -2.10. The SMILES string of the molecule is CCCCOc1ccc(/C=C2\N=C(c3ccccc3Br)OC2=O)cc1OC. The average molecular weight is 430 g/mol. The second kappa shape index (κ2) is 8.86. The van der Waals surface area contributed by atoms with Gasteiger partial charge in [0.15, 0.2) is 17.2 Å². The number of unbranched alkanes of at least 4 members (excludes halogenated alkanes) is 1. The van der Waals surface area contributed by atoms with E-state index in [-0.39, 0.29) is 11.6 Å². The molecule has 0 spiro atoms. The highest BCUT2D eigenvalue weighted by Crippen LogP contribution is 2.30. The van der Waals surface area contributed by atoms with Crippen molar-refractivity contribution in [1.29, 1.82) is 0 Å². The minimum absolute atomic E-state index is 0.238. The monoisotopic (exact) mass is 429 g/mol. The van der Waals surface area contributed by atoms with Gasteiger partial charge in [-0.05, 0) is 58.3 Å². The fraction of sp³-hybridized carbons (Fsp3) is 0.238. The summed E-state index contributed by atoms with van der Waals surface area (Å²) < 4.78 is 17.3. The second-order valence-corrected chi connectivity index (χ2v) is 6.78. The molecule has 0 amide bonds. The van der Waals surface area contributed by atoms with Gasteiger partial charge in [-0.3, -0.25) is 0 Å². The number of carbonyl (C=O) groups excluding carboxylic acids is 1. The van der Waals surface area contributed by atoms with Gasteiger partial charge in [-0.1, -0.05) is 31.5 Å². The summed E-state index contributed by atoms with van der Waals surface area (Å²) >= 11 is 3.44. The number of methoxy groups -OCH3 is 1. The Morgan fingerprint density at radius 2 is 2.00 bits per heavy atom. The van der Waals surface area contributed by atoms with Crippen LogP contribution in [0.5, 0.6) is 11.5 Å². The number of rotatable bonds is 7. The molecule has 0 fully saturated rings. The van der Waals surface area contributed by atoms with Gasteiger partial charge in [-0.15, -0.1) is 0 Å². The summed E-state index contributed by atoms with van der Waals surface area (Å²) in [7, 11) is 1.59. The van der Waals surface area contributed by atoms with E-state index < -0.39 is 5.97 Å². The maximum Gasteiger partial charge on any atom is 0.363 e. The molecule has 0 radical (unpaired) electrons. The van der Waals surface area contributed by atoms with Crippen LogP contribution in [0.1, 0.15) is 30.9 Å². The summed E-state index contributed by atoms with van der Waals surface area (Å²) in [6.07, 6.45) is 3.71. The summed E-state index contributed by atoms with van der Waals surface area (Å²) in [5.41, 5.74) is 1.74. The first-order chi connectivity index (χ1) is 13.1. The molecule has 0 saturated carbocycles. The van der Waals surface area contributed by atoms with Gasteiger partial charge >= 0.3 is 5.97 Å². The van der Waals surface area contributed by atoms with Crippen LogP contribution < -0.4 is 9.47 Å². The number of hydrogen-bond acceptors (Lipinski definition) is 5. The smallest absolute Gasteiger partial charge is 0.363 e. The number of ether oxygens (including phenoxy) is 3. The van der Waals surface area contributed by atoms with Crippen molar-refractivity contribution in [1.82, 2.24) is 0 Å². The number of benzene rings is 2. The van der Waals surface area contributed by atoms with Crippen molar-refractivity contribution in [3.8, 4) is 11.5 Å². The first kappa shape index (κ1) is 19.2. The molecule has 0 saturated heterocycles. The predicted octanol–water partition coefficient (Wildman–Crippen LogP) is 4.98. The molecule has 2 aromatic rings. The van der Waals surface area contributed by atoms with Gasteiger partial charge in [0.05, 0.1) is 19.3 Å². The summed E-state index contributed by atoms with van der Waals surface area (Å²) in [6, 6.07) is 13.0. The minimum Gasteiger partial charge on any atom is -0.493 e. The third kappa shape index (κ3) is 4.57. The van der Waals surface area contributed by atoms with E-state index in [0.717, 1.165) is 28.4 Å². The average Bonchev–Trinajstić information content (AvgIpc) is 3.03. The highest BCUT2D eigenvalue weighted by Gasteiger charge is 2.25. The Labute approximate surface area is 166 Å². The number of carbonyl (C=O) groups is 1. The van der Waals surface area contributed by atoms with E-state index >= 15 is 0 Å². The summed E-state index contributed by atoms with van der Waals surface area (Å²) in [5, 5.41) is 0. The fourth-order valence-electron chi connectivity index (χ4n) is 2.54. The Bertz CT molecular complexity index is 905. The Kier molecular flexibility index (Phi) is 6.29. The van der Waals surface area contributed by atoms with Gasteiger partial charge < -0.3 is 14.2 Å². The van der Waals surface area contributed by atoms with Crippen LogP contribution in [-0.4, -0.2) is 25.6 Å².